The number of rotatable bonds is 17. The molecule has 388 valence electrons. The lowest BCUT2D eigenvalue weighted by atomic mass is 10.0. The molecule has 2 atom stereocenters. The third-order valence-corrected chi connectivity index (χ3v) is 11.0. The minimum atomic E-state index is -4.52. The van der Waals surface area contributed by atoms with Crippen LogP contribution in [-0.2, 0) is 41.0 Å². The summed E-state index contributed by atoms with van der Waals surface area (Å²) in [5.74, 6) is -0.800. The highest BCUT2D eigenvalue weighted by molar-refractivity contribution is 7.51. The summed E-state index contributed by atoms with van der Waals surface area (Å²) in [5.41, 5.74) is 1.32. The molecule has 0 aliphatic carbocycles. The summed E-state index contributed by atoms with van der Waals surface area (Å²) in [6, 6.07) is 16.0. The van der Waals surface area contributed by atoms with E-state index >= 15 is 0 Å². The number of aryl methyl sites for hydroxylation is 2. The molecule has 1 saturated heterocycles. The van der Waals surface area contributed by atoms with E-state index in [4.69, 9.17) is 84.7 Å². The van der Waals surface area contributed by atoms with Crippen molar-refractivity contribution in [3.63, 3.8) is 0 Å². The van der Waals surface area contributed by atoms with Gasteiger partial charge in [0.15, 0.2) is 4.84 Å². The van der Waals surface area contributed by atoms with E-state index in [-0.39, 0.29) is 64.4 Å². The molecule has 0 saturated carbocycles. The van der Waals surface area contributed by atoms with Crippen LogP contribution in [0.15, 0.2) is 77.4 Å². The van der Waals surface area contributed by atoms with Crippen LogP contribution in [0, 0.1) is 17.0 Å². The number of nitro benzene ring substituents is 1. The molecule has 2 heterocycles. The number of halogens is 7. The molecule has 4 aromatic rings. The number of hydrogen-bond donors (Lipinski definition) is 4. The van der Waals surface area contributed by atoms with Gasteiger partial charge in [-0.15, -0.1) is 11.6 Å². The van der Waals surface area contributed by atoms with Crippen LogP contribution >= 0.6 is 54.0 Å². The van der Waals surface area contributed by atoms with Gasteiger partial charge in [0, 0.05) is 19.2 Å². The topological polar surface area (TPSA) is 241 Å². The molecule has 0 radical (unpaired) electrons. The van der Waals surface area contributed by atoms with E-state index in [1.165, 1.54) is 23.1 Å². The molecule has 0 bridgehead atoms. The zero-order chi connectivity index (χ0) is 53.1. The number of amides is 2. The van der Waals surface area contributed by atoms with Gasteiger partial charge in [0.2, 0.25) is 11.7 Å². The molecule has 3 aromatic carbocycles. The number of carboxylic acid groups (broad SMARTS) is 1. The molecule has 70 heavy (non-hydrogen) atoms. The Kier molecular flexibility index (Phi) is 24.9. The lowest BCUT2D eigenvalue weighted by Gasteiger charge is -2.31. The van der Waals surface area contributed by atoms with Crippen LogP contribution < -0.4 is 19.7 Å². The molecule has 1 aromatic heterocycles. The second kappa shape index (κ2) is 28.4. The number of carboxylic acids is 1. The number of carbonyl (C=O) groups is 3. The molecule has 0 spiro atoms. The lowest BCUT2D eigenvalue weighted by Crippen LogP contribution is -2.45. The molecule has 2 unspecified atom stereocenters. The fourth-order valence-electron chi connectivity index (χ4n) is 6.43. The Morgan fingerprint density at radius 2 is 1.74 bits per heavy atom. The third kappa shape index (κ3) is 19.5. The van der Waals surface area contributed by atoms with E-state index in [1.54, 1.807) is 45.1 Å². The van der Waals surface area contributed by atoms with Crippen molar-refractivity contribution in [1.29, 1.82) is 0 Å². The first-order valence-corrected chi connectivity index (χ1v) is 24.4. The number of benzene rings is 3. The number of carbonyl (C=O) groups excluding carboxylic acids is 2. The summed E-state index contributed by atoms with van der Waals surface area (Å²) in [4.78, 5) is 62.7. The number of nitrogens with zero attached hydrogens (tertiary/aromatic N) is 3. The van der Waals surface area contributed by atoms with Crippen molar-refractivity contribution in [3.05, 3.63) is 111 Å². The van der Waals surface area contributed by atoms with Gasteiger partial charge in [0.05, 0.1) is 66.1 Å². The highest BCUT2D eigenvalue weighted by atomic mass is 35.5. The smallest absolute Gasteiger partial charge is 0.416 e. The van der Waals surface area contributed by atoms with Crippen molar-refractivity contribution in [2.24, 2.45) is 0 Å². The van der Waals surface area contributed by atoms with Crippen molar-refractivity contribution in [3.8, 4) is 17.2 Å². The van der Waals surface area contributed by atoms with E-state index in [1.807, 2.05) is 32.0 Å². The van der Waals surface area contributed by atoms with Crippen LogP contribution in [0.1, 0.15) is 63.2 Å². The van der Waals surface area contributed by atoms with Gasteiger partial charge in [0.25, 0.3) is 5.91 Å². The van der Waals surface area contributed by atoms with Crippen LogP contribution in [0.2, 0.25) is 5.02 Å². The SMILES string of the molecule is CC1(C)OC(c2ccco2)CN1C(=O)C(Cl)Cl.CCOc1cc(Oc2ccc(C(F)(F)F)cc2Cl)ccc1[N+](=O)[O-].CCc1cccc(C)c1N(C(=O)CCl)C(C)COC.O=C(O)CNCP(=O)(O)O. The summed E-state index contributed by atoms with van der Waals surface area (Å²) < 4.78 is 74.6. The standard InChI is InChI=1S/C15H11ClF3NO4.C15H22ClNO2.C11H13Cl2NO3.C3H8NO5P/c1-2-23-14-8-10(4-5-12(14)20(21)22)24-13-6-3-9(7-11(13)16)15(17,18)19;1-5-13-8-6-7-11(2)15(13)17(14(18)9-16)12(3)10-19-4;1-11(2)14(10(15)9(12)13)6-8(17-11)7-4-3-5-16-7;5-3(6)1-4-2-10(7,8)9/h3-8H,2H2,1H3;6-8,12H,5,9-10H2,1-4H3;3-5,8-9H,6H2,1-2H3;4H,1-2H2,(H,5,6)(H2,7,8,9). The minimum absolute atomic E-state index is 0.0111. The van der Waals surface area contributed by atoms with Crippen LogP contribution in [0.3, 0.4) is 0 Å². The van der Waals surface area contributed by atoms with Crippen LogP contribution in [0.25, 0.3) is 0 Å². The number of hydrogen-bond acceptors (Lipinski definition) is 12. The monoisotopic (exact) mass is 1090 g/mol. The van der Waals surface area contributed by atoms with E-state index in [9.17, 15) is 42.2 Å². The van der Waals surface area contributed by atoms with Crippen LogP contribution in [0.5, 0.6) is 17.2 Å². The maximum atomic E-state index is 12.6. The second-order valence-corrected chi connectivity index (χ2v) is 18.6. The number of alkyl halides is 6. The van der Waals surface area contributed by atoms with Crippen molar-refractivity contribution < 1.29 is 75.3 Å². The van der Waals surface area contributed by atoms with E-state index in [2.05, 4.69) is 18.3 Å². The molecule has 1 aliphatic heterocycles. The lowest BCUT2D eigenvalue weighted by molar-refractivity contribution is -0.385. The Balaban J connectivity index is 0.000000333. The number of anilines is 1. The molecule has 26 heteroatoms. The largest absolute Gasteiger partial charge is 0.487 e. The predicted molar refractivity (Wildman–Crippen MR) is 257 cm³/mol. The minimum Gasteiger partial charge on any atom is -0.487 e. The Labute approximate surface area is 422 Å². The zero-order valence-corrected chi connectivity index (χ0v) is 42.8. The molecular weight excluding hydrogens is 1040 g/mol. The van der Waals surface area contributed by atoms with E-state index in [0.29, 0.717) is 18.9 Å². The maximum absolute atomic E-state index is 12.6. The maximum Gasteiger partial charge on any atom is 0.416 e. The number of para-hydroxylation sites is 1. The normalized spacial score (nSPS) is 14.5. The summed E-state index contributed by atoms with van der Waals surface area (Å²) in [6.07, 6.45) is -2.95. The van der Waals surface area contributed by atoms with Gasteiger partial charge in [-0.3, -0.25) is 34.4 Å². The van der Waals surface area contributed by atoms with Crippen molar-refractivity contribution >= 4 is 83.2 Å². The Hall–Kier alpha value is -4.67. The van der Waals surface area contributed by atoms with Gasteiger partial charge < -0.3 is 48.1 Å². The Bertz CT molecular complexity index is 2390. The van der Waals surface area contributed by atoms with Gasteiger partial charge in [-0.1, -0.05) is 59.9 Å². The fourth-order valence-corrected chi connectivity index (χ4v) is 7.41. The average Bonchev–Trinajstić information content (AvgIpc) is 3.92. The first-order valence-electron chi connectivity index (χ1n) is 20.8. The highest BCUT2D eigenvalue weighted by Crippen LogP contribution is 2.40. The molecule has 1 aliphatic rings. The van der Waals surface area contributed by atoms with Gasteiger partial charge >= 0.3 is 25.4 Å². The molecule has 5 rings (SSSR count). The number of ether oxygens (including phenoxy) is 4. The van der Waals surface area contributed by atoms with E-state index in [0.717, 1.165) is 41.4 Å². The van der Waals surface area contributed by atoms with Crippen molar-refractivity contribution in [2.75, 3.05) is 50.5 Å². The molecule has 1 fully saturated rings. The number of nitrogens with one attached hydrogen (secondary N) is 1. The third-order valence-electron chi connectivity index (χ3n) is 9.43. The summed E-state index contributed by atoms with van der Waals surface area (Å²) in [7, 11) is -2.46. The van der Waals surface area contributed by atoms with Crippen molar-refractivity contribution in [1.82, 2.24) is 10.2 Å². The molecule has 2 amide bonds. The van der Waals surface area contributed by atoms with Gasteiger partial charge in [-0.2, -0.15) is 13.2 Å². The number of nitro groups is 1. The quantitative estimate of drug-likeness (QED) is 0.0333. The average molecular weight is 1090 g/mol. The van der Waals surface area contributed by atoms with E-state index < -0.39 is 53.6 Å². The van der Waals surface area contributed by atoms with Crippen LogP contribution in [-0.4, -0.2) is 105 Å². The van der Waals surface area contributed by atoms with Gasteiger partial charge in [0.1, 0.15) is 35.0 Å². The number of furan rings is 1. The summed E-state index contributed by atoms with van der Waals surface area (Å²) >= 11 is 22.8. The molecule has 4 N–H and O–H groups in total. The first-order chi connectivity index (χ1) is 32.6. The highest BCUT2D eigenvalue weighted by Gasteiger charge is 2.45. The number of aliphatic carboxylic acids is 1. The number of methoxy groups -OCH3 is 1. The fraction of sp³-hybridized carbons (Fsp3) is 0.432. The molecule has 18 nitrogen and oxygen atoms in total. The van der Waals surface area contributed by atoms with Gasteiger partial charge in [-0.25, -0.2) is 0 Å². The van der Waals surface area contributed by atoms with Crippen molar-refractivity contribution in [2.45, 2.75) is 76.8 Å². The first kappa shape index (κ1) is 61.4. The summed E-state index contributed by atoms with van der Waals surface area (Å²) in [6.45, 7) is 12.0. The zero-order valence-electron chi connectivity index (χ0n) is 38.9. The predicted octanol–water partition coefficient (Wildman–Crippen LogP) is 10.1. The second-order valence-electron chi connectivity index (χ2n) is 15.2. The molecular formula is C44H54Cl4F3N4O14P. The van der Waals surface area contributed by atoms with Gasteiger partial charge in [-0.05, 0) is 88.6 Å². The summed E-state index contributed by atoms with van der Waals surface area (Å²) in [5, 5.41) is 20.7. The Morgan fingerprint density at radius 1 is 1.07 bits per heavy atom. The van der Waals surface area contributed by atoms with Crippen LogP contribution in [0.4, 0.5) is 24.5 Å². The Morgan fingerprint density at radius 3 is 2.24 bits per heavy atom.